The lowest BCUT2D eigenvalue weighted by atomic mass is 10.2. The molecule has 9 heteroatoms. The van der Waals surface area contributed by atoms with Gasteiger partial charge in [0.2, 0.25) is 0 Å². The van der Waals surface area contributed by atoms with Gasteiger partial charge in [0.25, 0.3) is 5.91 Å². The Morgan fingerprint density at radius 3 is 2.61 bits per heavy atom. The summed E-state index contributed by atoms with van der Waals surface area (Å²) in [7, 11) is 0. The van der Waals surface area contributed by atoms with Crippen molar-refractivity contribution >= 4 is 46.4 Å². The monoisotopic (exact) mass is 475 g/mol. The highest BCUT2D eigenvalue weighted by molar-refractivity contribution is 6.36. The number of hydrogen-bond acceptors (Lipinski definition) is 4. The predicted octanol–water partition coefficient (Wildman–Crippen LogP) is 6.32. The van der Waals surface area contributed by atoms with Gasteiger partial charge in [0, 0.05) is 26.8 Å². The minimum Gasteiger partial charge on any atom is -0.486 e. The molecule has 0 spiro atoms. The normalized spacial score (nSPS) is 10.8. The lowest BCUT2D eigenvalue weighted by molar-refractivity contribution is 0.0992. The number of aromatic nitrogens is 2. The molecule has 0 aliphatic heterocycles. The second kappa shape index (κ2) is 9.47. The van der Waals surface area contributed by atoms with E-state index in [1.54, 1.807) is 65.5 Å². The van der Waals surface area contributed by atoms with Gasteiger partial charge in [0.1, 0.15) is 18.1 Å². The van der Waals surface area contributed by atoms with Gasteiger partial charge in [0.05, 0.1) is 18.4 Å². The Kier molecular flexibility index (Phi) is 6.51. The molecule has 158 valence electrons. The van der Waals surface area contributed by atoms with Crippen molar-refractivity contribution in [2.24, 2.45) is 0 Å². The smallest absolute Gasteiger partial charge is 0.291 e. The summed E-state index contributed by atoms with van der Waals surface area (Å²) in [5.74, 6) is 0.881. The third kappa shape index (κ3) is 5.41. The van der Waals surface area contributed by atoms with E-state index >= 15 is 0 Å². The van der Waals surface area contributed by atoms with Crippen molar-refractivity contribution in [2.45, 2.75) is 13.2 Å². The fourth-order valence-electron chi connectivity index (χ4n) is 2.84. The fraction of sp³-hybridized carbons (Fsp3) is 0.0909. The molecule has 2 aromatic heterocycles. The minimum atomic E-state index is -0.399. The number of carbonyl (C=O) groups is 1. The number of nitrogens with zero attached hydrogens (tertiary/aromatic N) is 2. The Labute approximate surface area is 193 Å². The topological polar surface area (TPSA) is 69.3 Å². The fourth-order valence-corrected chi connectivity index (χ4v) is 3.54. The zero-order valence-electron chi connectivity index (χ0n) is 16.0. The molecule has 4 rings (SSSR count). The molecule has 0 aliphatic carbocycles. The van der Waals surface area contributed by atoms with E-state index in [0.29, 0.717) is 38.8 Å². The second-order valence-corrected chi connectivity index (χ2v) is 7.84. The number of rotatable bonds is 7. The van der Waals surface area contributed by atoms with Gasteiger partial charge in [-0.3, -0.25) is 9.48 Å². The molecule has 31 heavy (non-hydrogen) atoms. The third-order valence-electron chi connectivity index (χ3n) is 4.34. The van der Waals surface area contributed by atoms with Crippen LogP contribution in [-0.4, -0.2) is 15.7 Å². The van der Waals surface area contributed by atoms with E-state index in [0.717, 1.165) is 5.56 Å². The molecule has 0 aliphatic rings. The summed E-state index contributed by atoms with van der Waals surface area (Å²) in [6.45, 7) is 0.546. The number of furan rings is 1. The first-order valence-electron chi connectivity index (χ1n) is 9.22. The van der Waals surface area contributed by atoms with Crippen molar-refractivity contribution in [3.8, 4) is 5.75 Å². The molecular weight excluding hydrogens is 461 g/mol. The van der Waals surface area contributed by atoms with Crippen molar-refractivity contribution in [1.29, 1.82) is 0 Å². The standard InChI is InChI=1S/C22H16Cl3N3O3/c23-14-3-1-4-16(9-14)30-13-17-7-8-21(31-17)22(29)27-15-10-26-28(11-15)12-18-19(24)5-2-6-20(18)25/h1-11H,12-13H2,(H,27,29). The molecule has 0 radical (unpaired) electrons. The maximum atomic E-state index is 12.5. The van der Waals surface area contributed by atoms with E-state index in [-0.39, 0.29) is 12.4 Å². The van der Waals surface area contributed by atoms with Crippen LogP contribution in [0.5, 0.6) is 5.75 Å². The van der Waals surface area contributed by atoms with Gasteiger partial charge >= 0.3 is 0 Å². The molecule has 2 heterocycles. The highest BCUT2D eigenvalue weighted by Crippen LogP contribution is 2.25. The van der Waals surface area contributed by atoms with Gasteiger partial charge in [-0.15, -0.1) is 0 Å². The summed E-state index contributed by atoms with van der Waals surface area (Å²) < 4.78 is 12.8. The van der Waals surface area contributed by atoms with Crippen molar-refractivity contribution in [2.75, 3.05) is 5.32 Å². The molecule has 0 unspecified atom stereocenters. The van der Waals surface area contributed by atoms with Crippen LogP contribution in [-0.2, 0) is 13.2 Å². The summed E-state index contributed by atoms with van der Waals surface area (Å²) in [4.78, 5) is 12.5. The average molecular weight is 477 g/mol. The molecule has 1 N–H and O–H groups in total. The predicted molar refractivity (Wildman–Crippen MR) is 120 cm³/mol. The second-order valence-electron chi connectivity index (χ2n) is 6.59. The molecule has 4 aromatic rings. The number of nitrogens with one attached hydrogen (secondary N) is 1. The Morgan fingerprint density at radius 2 is 1.84 bits per heavy atom. The van der Waals surface area contributed by atoms with Crippen molar-refractivity contribution < 1.29 is 13.9 Å². The summed E-state index contributed by atoms with van der Waals surface area (Å²) in [5, 5.41) is 8.67. The van der Waals surface area contributed by atoms with Gasteiger partial charge in [-0.1, -0.05) is 46.9 Å². The number of carbonyl (C=O) groups excluding carboxylic acids is 1. The number of amides is 1. The molecule has 6 nitrogen and oxygen atoms in total. The molecule has 0 saturated carbocycles. The molecule has 2 aromatic carbocycles. The molecule has 0 fully saturated rings. The molecule has 0 saturated heterocycles. The Hall–Kier alpha value is -2.93. The van der Waals surface area contributed by atoms with Gasteiger partial charge in [-0.2, -0.15) is 5.10 Å². The van der Waals surface area contributed by atoms with Crippen LogP contribution in [0.1, 0.15) is 21.9 Å². The summed E-state index contributed by atoms with van der Waals surface area (Å²) in [5.41, 5.74) is 1.27. The first-order chi connectivity index (χ1) is 15.0. The van der Waals surface area contributed by atoms with Crippen LogP contribution in [0, 0.1) is 0 Å². The molecule has 0 atom stereocenters. The van der Waals surface area contributed by atoms with Crippen LogP contribution in [0.4, 0.5) is 5.69 Å². The Morgan fingerprint density at radius 1 is 1.06 bits per heavy atom. The summed E-state index contributed by atoms with van der Waals surface area (Å²) >= 11 is 18.3. The highest BCUT2D eigenvalue weighted by Gasteiger charge is 2.14. The highest BCUT2D eigenvalue weighted by atomic mass is 35.5. The lowest BCUT2D eigenvalue weighted by Crippen LogP contribution is -2.10. The zero-order valence-corrected chi connectivity index (χ0v) is 18.3. The van der Waals surface area contributed by atoms with Crippen LogP contribution in [0.3, 0.4) is 0 Å². The van der Waals surface area contributed by atoms with Crippen LogP contribution >= 0.6 is 34.8 Å². The van der Waals surface area contributed by atoms with Crippen molar-refractivity contribution in [1.82, 2.24) is 9.78 Å². The Bertz CT molecular complexity index is 1200. The number of benzene rings is 2. The molecular formula is C22H16Cl3N3O3. The largest absolute Gasteiger partial charge is 0.486 e. The summed E-state index contributed by atoms with van der Waals surface area (Å²) in [6.07, 6.45) is 3.22. The number of hydrogen-bond donors (Lipinski definition) is 1. The number of ether oxygens (including phenoxy) is 1. The SMILES string of the molecule is O=C(Nc1cnn(Cc2c(Cl)cccc2Cl)c1)c1ccc(COc2cccc(Cl)c2)o1. The number of halogens is 3. The van der Waals surface area contributed by atoms with Gasteiger partial charge < -0.3 is 14.5 Å². The van der Waals surface area contributed by atoms with Crippen LogP contribution < -0.4 is 10.1 Å². The average Bonchev–Trinajstić information content (AvgIpc) is 3.39. The van der Waals surface area contributed by atoms with E-state index in [1.807, 2.05) is 0 Å². The molecule has 0 bridgehead atoms. The first kappa shape index (κ1) is 21.3. The van der Waals surface area contributed by atoms with Crippen molar-refractivity contribution in [3.05, 3.63) is 99.1 Å². The van der Waals surface area contributed by atoms with Crippen LogP contribution in [0.2, 0.25) is 15.1 Å². The maximum absolute atomic E-state index is 12.5. The van der Waals surface area contributed by atoms with E-state index in [9.17, 15) is 4.79 Å². The van der Waals surface area contributed by atoms with E-state index in [4.69, 9.17) is 44.0 Å². The quantitative estimate of drug-likeness (QED) is 0.339. The van der Waals surface area contributed by atoms with Crippen LogP contribution in [0.15, 0.2) is 71.4 Å². The van der Waals surface area contributed by atoms with Gasteiger partial charge in [-0.25, -0.2) is 0 Å². The van der Waals surface area contributed by atoms with Gasteiger partial charge in [-0.05, 0) is 42.5 Å². The zero-order chi connectivity index (χ0) is 21.8. The molecule has 1 amide bonds. The summed E-state index contributed by atoms with van der Waals surface area (Å²) in [6, 6.07) is 15.6. The van der Waals surface area contributed by atoms with E-state index in [1.165, 1.54) is 6.20 Å². The van der Waals surface area contributed by atoms with Gasteiger partial charge in [0.15, 0.2) is 5.76 Å². The Balaban J connectivity index is 1.36. The minimum absolute atomic E-state index is 0.159. The van der Waals surface area contributed by atoms with E-state index in [2.05, 4.69) is 10.4 Å². The first-order valence-corrected chi connectivity index (χ1v) is 10.3. The van der Waals surface area contributed by atoms with Crippen LogP contribution in [0.25, 0.3) is 0 Å². The van der Waals surface area contributed by atoms with Crippen molar-refractivity contribution in [3.63, 3.8) is 0 Å². The van der Waals surface area contributed by atoms with E-state index < -0.39 is 5.91 Å². The number of anilines is 1. The third-order valence-corrected chi connectivity index (χ3v) is 5.28. The lowest BCUT2D eigenvalue weighted by Gasteiger charge is -2.06. The maximum Gasteiger partial charge on any atom is 0.291 e.